The second-order valence-corrected chi connectivity index (χ2v) is 14.7. The van der Waals surface area contributed by atoms with E-state index in [9.17, 15) is 0 Å². The fourth-order valence-corrected chi connectivity index (χ4v) is 8.17. The smallest absolute Gasteiger partial charge is 0.0541 e. The Morgan fingerprint density at radius 1 is 0.298 bits per heavy atom. The van der Waals surface area contributed by atoms with Crippen LogP contribution in [0.4, 0.5) is 17.1 Å². The van der Waals surface area contributed by atoms with Gasteiger partial charge >= 0.3 is 0 Å². The van der Waals surface area contributed by atoms with Gasteiger partial charge in [0.2, 0.25) is 0 Å². The summed E-state index contributed by atoms with van der Waals surface area (Å²) in [5.74, 6) is 0. The fourth-order valence-electron chi connectivity index (χ4n) is 8.17. The van der Waals surface area contributed by atoms with E-state index in [1.807, 2.05) is 0 Å². The molecule has 57 heavy (non-hydrogen) atoms. The van der Waals surface area contributed by atoms with Gasteiger partial charge in [-0.25, -0.2) is 0 Å². The van der Waals surface area contributed by atoms with Gasteiger partial charge in [-0.2, -0.15) is 0 Å². The van der Waals surface area contributed by atoms with E-state index < -0.39 is 0 Å². The molecule has 0 atom stereocenters. The molecule has 10 aromatic rings. The zero-order valence-electron chi connectivity index (χ0n) is 31.8. The Morgan fingerprint density at radius 2 is 0.702 bits per heavy atom. The molecule has 0 N–H and O–H groups in total. The van der Waals surface area contributed by atoms with Crippen molar-refractivity contribution in [1.29, 1.82) is 0 Å². The van der Waals surface area contributed by atoms with Crippen LogP contribution in [0.2, 0.25) is 0 Å². The lowest BCUT2D eigenvalue weighted by Crippen LogP contribution is -2.09. The first-order valence-corrected chi connectivity index (χ1v) is 19.6. The quantitative estimate of drug-likeness (QED) is 0.151. The van der Waals surface area contributed by atoms with Crippen molar-refractivity contribution in [2.45, 2.75) is 6.92 Å². The lowest BCUT2D eigenvalue weighted by Gasteiger charge is -2.26. The van der Waals surface area contributed by atoms with Crippen LogP contribution in [0.3, 0.4) is 0 Å². The highest BCUT2D eigenvalue weighted by Gasteiger charge is 2.16. The van der Waals surface area contributed by atoms with Crippen LogP contribution in [-0.2, 0) is 0 Å². The third-order valence-electron chi connectivity index (χ3n) is 11.1. The molecule has 9 aromatic carbocycles. The SMILES string of the molecule is Cc1cccc(-n2c3ccccc3c3cc(-c4ccc(N(c5ccc(-c6ccccc6)cc5)c5ccc(-c6ccc(-c7ccccc7)cc6)cc5)cc4)ccc32)c1. The minimum absolute atomic E-state index is 1.10. The Morgan fingerprint density at radius 3 is 1.21 bits per heavy atom. The molecule has 0 aliphatic rings. The summed E-state index contributed by atoms with van der Waals surface area (Å²) >= 11 is 0. The maximum Gasteiger partial charge on any atom is 0.0541 e. The summed E-state index contributed by atoms with van der Waals surface area (Å²) in [6.45, 7) is 2.15. The molecule has 1 aromatic heterocycles. The van der Waals surface area contributed by atoms with Gasteiger partial charge in [0.05, 0.1) is 11.0 Å². The zero-order valence-corrected chi connectivity index (χ0v) is 31.8. The second kappa shape index (κ2) is 14.7. The Balaban J connectivity index is 1.00. The molecule has 0 bridgehead atoms. The molecule has 0 fully saturated rings. The van der Waals surface area contributed by atoms with E-state index >= 15 is 0 Å². The summed E-state index contributed by atoms with van der Waals surface area (Å²) in [5, 5.41) is 2.51. The fraction of sp³-hybridized carbons (Fsp3) is 0.0182. The molecule has 0 saturated heterocycles. The number of hydrogen-bond acceptors (Lipinski definition) is 1. The first kappa shape index (κ1) is 34.1. The maximum absolute atomic E-state index is 2.39. The molecule has 10 rings (SSSR count). The number of fused-ring (bicyclic) bond motifs is 3. The van der Waals surface area contributed by atoms with E-state index in [-0.39, 0.29) is 0 Å². The molecule has 1 heterocycles. The second-order valence-electron chi connectivity index (χ2n) is 14.7. The van der Waals surface area contributed by atoms with Gasteiger partial charge < -0.3 is 9.47 Å². The predicted molar refractivity (Wildman–Crippen MR) is 242 cm³/mol. The summed E-state index contributed by atoms with van der Waals surface area (Å²) < 4.78 is 2.39. The van der Waals surface area contributed by atoms with E-state index in [0.29, 0.717) is 0 Å². The third kappa shape index (κ3) is 6.58. The minimum atomic E-state index is 1.10. The summed E-state index contributed by atoms with van der Waals surface area (Å²) in [7, 11) is 0. The van der Waals surface area contributed by atoms with Crippen molar-refractivity contribution in [3.63, 3.8) is 0 Å². The molecule has 0 aliphatic heterocycles. The number of anilines is 3. The summed E-state index contributed by atoms with van der Waals surface area (Å²) in [4.78, 5) is 2.35. The lowest BCUT2D eigenvalue weighted by molar-refractivity contribution is 1.17. The highest BCUT2D eigenvalue weighted by Crippen LogP contribution is 2.39. The number of aromatic nitrogens is 1. The molecule has 0 radical (unpaired) electrons. The normalized spacial score (nSPS) is 11.2. The van der Waals surface area contributed by atoms with Gasteiger partial charge in [-0.1, -0.05) is 158 Å². The van der Waals surface area contributed by atoms with Crippen LogP contribution in [-0.4, -0.2) is 4.57 Å². The van der Waals surface area contributed by atoms with E-state index in [1.165, 1.54) is 77.6 Å². The van der Waals surface area contributed by atoms with E-state index in [4.69, 9.17) is 0 Å². The highest BCUT2D eigenvalue weighted by molar-refractivity contribution is 6.10. The van der Waals surface area contributed by atoms with Crippen LogP contribution in [0.1, 0.15) is 5.56 Å². The van der Waals surface area contributed by atoms with Crippen LogP contribution in [0, 0.1) is 6.92 Å². The lowest BCUT2D eigenvalue weighted by atomic mass is 10.00. The van der Waals surface area contributed by atoms with E-state index in [2.05, 4.69) is 241 Å². The average molecular weight is 729 g/mol. The standard InChI is InChI=1S/C55H40N2/c1-39-11-10-16-51(37-39)57-54-18-9-8-17-52(54)53-38-47(29-36-55(53)57)46-27-34-50(35-28-46)56(48-30-23-44(24-31-48)41-14-6-3-7-15-41)49-32-25-45(26-33-49)43-21-19-42(20-22-43)40-12-4-2-5-13-40/h2-38H,1H3. The Kier molecular flexibility index (Phi) is 8.78. The Bertz CT molecular complexity index is 2960. The van der Waals surface area contributed by atoms with E-state index in [1.54, 1.807) is 0 Å². The average Bonchev–Trinajstić information content (AvgIpc) is 3.62. The van der Waals surface area contributed by atoms with Gasteiger partial charge in [-0.15, -0.1) is 0 Å². The molecule has 270 valence electrons. The molecule has 0 amide bonds. The summed E-state index contributed by atoms with van der Waals surface area (Å²) in [6, 6.07) is 81.1. The van der Waals surface area contributed by atoms with Crippen LogP contribution in [0.25, 0.3) is 72.0 Å². The van der Waals surface area contributed by atoms with E-state index in [0.717, 1.165) is 17.1 Å². The van der Waals surface area contributed by atoms with Crippen molar-refractivity contribution in [2.75, 3.05) is 4.90 Å². The topological polar surface area (TPSA) is 8.17 Å². The largest absolute Gasteiger partial charge is 0.311 e. The van der Waals surface area contributed by atoms with Crippen molar-refractivity contribution >= 4 is 38.9 Å². The predicted octanol–water partition coefficient (Wildman–Crippen LogP) is 15.2. The Hall–Kier alpha value is -7.42. The number of nitrogens with zero attached hydrogens (tertiary/aromatic N) is 2. The maximum atomic E-state index is 2.39. The van der Waals surface area contributed by atoms with Crippen LogP contribution in [0.5, 0.6) is 0 Å². The van der Waals surface area contributed by atoms with Gasteiger partial charge in [0.15, 0.2) is 0 Å². The molecular weight excluding hydrogens is 689 g/mol. The minimum Gasteiger partial charge on any atom is -0.311 e. The van der Waals surface area contributed by atoms with Gasteiger partial charge in [-0.3, -0.25) is 0 Å². The Labute approximate surface area is 334 Å². The van der Waals surface area contributed by atoms with Crippen molar-refractivity contribution in [1.82, 2.24) is 4.57 Å². The van der Waals surface area contributed by atoms with Crippen LogP contribution < -0.4 is 4.90 Å². The molecule has 0 spiro atoms. The number of aryl methyl sites for hydroxylation is 1. The molecular formula is C55H40N2. The first-order valence-electron chi connectivity index (χ1n) is 19.6. The number of benzene rings is 9. The van der Waals surface area contributed by atoms with Gasteiger partial charge in [0, 0.05) is 33.5 Å². The zero-order chi connectivity index (χ0) is 38.1. The molecule has 0 aliphatic carbocycles. The van der Waals surface area contributed by atoms with Gasteiger partial charge in [0.1, 0.15) is 0 Å². The van der Waals surface area contributed by atoms with Gasteiger partial charge in [-0.05, 0) is 124 Å². The number of para-hydroxylation sites is 1. The highest BCUT2D eigenvalue weighted by atomic mass is 15.1. The molecule has 2 heteroatoms. The van der Waals surface area contributed by atoms with Crippen molar-refractivity contribution in [3.8, 4) is 50.2 Å². The van der Waals surface area contributed by atoms with Crippen LogP contribution >= 0.6 is 0 Å². The molecule has 0 saturated carbocycles. The van der Waals surface area contributed by atoms with Crippen molar-refractivity contribution in [3.05, 3.63) is 230 Å². The summed E-state index contributed by atoms with van der Waals surface area (Å²) in [5.41, 5.74) is 17.8. The number of rotatable bonds is 8. The van der Waals surface area contributed by atoms with Crippen molar-refractivity contribution < 1.29 is 0 Å². The summed E-state index contributed by atoms with van der Waals surface area (Å²) in [6.07, 6.45) is 0. The first-order chi connectivity index (χ1) is 28.2. The monoisotopic (exact) mass is 728 g/mol. The molecule has 0 unspecified atom stereocenters. The van der Waals surface area contributed by atoms with Gasteiger partial charge in [0.25, 0.3) is 0 Å². The van der Waals surface area contributed by atoms with Crippen LogP contribution in [0.15, 0.2) is 224 Å². The van der Waals surface area contributed by atoms with Crippen molar-refractivity contribution in [2.24, 2.45) is 0 Å². The third-order valence-corrected chi connectivity index (χ3v) is 11.1. The number of hydrogen-bond donors (Lipinski definition) is 0. The molecule has 2 nitrogen and oxygen atoms in total.